The first kappa shape index (κ1) is 35.7. The van der Waals surface area contributed by atoms with Crippen LogP contribution in [0, 0.1) is 5.92 Å². The zero-order valence-corrected chi connectivity index (χ0v) is 27.6. The molecule has 6 atom stereocenters. The highest BCUT2D eigenvalue weighted by Crippen LogP contribution is 2.55. The maximum Gasteiger partial charge on any atom is 0.462 e. The van der Waals surface area contributed by atoms with Gasteiger partial charge in [-0.2, -0.15) is 10.2 Å². The average Bonchev–Trinajstić information content (AvgIpc) is 3.57. The predicted octanol–water partition coefficient (Wildman–Crippen LogP) is 4.07. The Morgan fingerprint density at radius 1 is 1.11 bits per heavy atom. The zero-order chi connectivity index (χ0) is 34.4. The number of rotatable bonds is 15. The molecule has 3 aromatic rings. The third kappa shape index (κ3) is 8.25. The van der Waals surface area contributed by atoms with Crippen molar-refractivity contribution in [3.8, 4) is 5.75 Å². The largest absolute Gasteiger partial charge is 0.464 e. The third-order valence-corrected chi connectivity index (χ3v) is 9.21. The Labute approximate surface area is 270 Å². The lowest BCUT2D eigenvalue weighted by Gasteiger charge is -2.34. The molecule has 3 N–H and O–H groups in total. The Morgan fingerprint density at radius 3 is 2.40 bits per heavy atom. The number of hydrogen-bond acceptors (Lipinski definition) is 13. The van der Waals surface area contributed by atoms with Crippen LogP contribution >= 0.6 is 7.75 Å². The molecule has 256 valence electrons. The van der Waals surface area contributed by atoms with Crippen LogP contribution < -0.4 is 15.3 Å². The highest BCUT2D eigenvalue weighted by atomic mass is 31.2. The van der Waals surface area contributed by atoms with E-state index in [-0.39, 0.29) is 29.8 Å². The molecule has 1 aromatic carbocycles. The van der Waals surface area contributed by atoms with Crippen molar-refractivity contribution in [3.63, 3.8) is 0 Å². The van der Waals surface area contributed by atoms with Crippen LogP contribution in [-0.2, 0) is 42.4 Å². The number of carbonyl (C=O) groups is 3. The van der Waals surface area contributed by atoms with Crippen LogP contribution in [0.1, 0.15) is 59.3 Å². The summed E-state index contributed by atoms with van der Waals surface area (Å²) in [5.74, 6) is -5.00. The fraction of sp³-hybridized carbons (Fsp3) is 0.500. The van der Waals surface area contributed by atoms with E-state index in [1.54, 1.807) is 24.3 Å². The molecule has 1 saturated heterocycles. The molecule has 1 fully saturated rings. The second-order valence-corrected chi connectivity index (χ2v) is 12.6. The molecule has 15 nitrogen and oxygen atoms in total. The first-order chi connectivity index (χ1) is 22.3. The quantitative estimate of drug-likeness (QED) is 0.133. The molecule has 0 saturated carbocycles. The number of hydrogen-bond donors (Lipinski definition) is 2. The van der Waals surface area contributed by atoms with Gasteiger partial charge in [-0.1, -0.05) is 44.9 Å². The summed E-state index contributed by atoms with van der Waals surface area (Å²) >= 11 is 0. The number of nitrogen functional groups attached to an aromatic ring is 1. The minimum Gasteiger partial charge on any atom is -0.464 e. The molecular weight excluding hydrogens is 640 g/mol. The van der Waals surface area contributed by atoms with E-state index in [2.05, 4.69) is 15.2 Å². The monoisotopic (exact) mass is 679 g/mol. The van der Waals surface area contributed by atoms with Crippen LogP contribution in [0.2, 0.25) is 0 Å². The van der Waals surface area contributed by atoms with Gasteiger partial charge < -0.3 is 29.2 Å². The Kier molecular flexibility index (Phi) is 11.6. The maximum atomic E-state index is 15.5. The van der Waals surface area contributed by atoms with Crippen LogP contribution in [0.3, 0.4) is 0 Å². The van der Waals surface area contributed by atoms with Crippen LogP contribution in [0.25, 0.3) is 5.52 Å². The first-order valence-corrected chi connectivity index (χ1v) is 16.6. The lowest BCUT2D eigenvalue weighted by atomic mass is 10.0. The standard InChI is InChI=1S/C30H39FN5O10P/c1-6-21(7-2)15-41-29(39)18(3)35-47(40,45-22-11-9-8-10-12-22)46-30(16-31)27(43-20(5)38)26(42-19(4)37)25(44-30)23-13-14-24-28(32)33-17-34-36(23)24/h8-14,17-18,21,25-27H,6-7,15-16H2,1-5H3,(H,35,40)(H2,32,33,34)/t18-,25-,26-,27-,30+,47+/m0/s1. The summed E-state index contributed by atoms with van der Waals surface area (Å²) in [6.07, 6.45) is -2.08. The normalized spacial score (nSPS) is 22.8. The van der Waals surface area contributed by atoms with Gasteiger partial charge in [-0.15, -0.1) is 0 Å². The van der Waals surface area contributed by atoms with Crippen molar-refractivity contribution in [2.75, 3.05) is 19.0 Å². The lowest BCUT2D eigenvalue weighted by molar-refractivity contribution is -0.230. The van der Waals surface area contributed by atoms with Gasteiger partial charge in [-0.05, 0) is 37.1 Å². The smallest absolute Gasteiger partial charge is 0.462 e. The summed E-state index contributed by atoms with van der Waals surface area (Å²) < 4.78 is 65.5. The van der Waals surface area contributed by atoms with Crippen molar-refractivity contribution in [2.24, 2.45) is 5.92 Å². The molecule has 47 heavy (non-hydrogen) atoms. The van der Waals surface area contributed by atoms with Gasteiger partial charge in [0, 0.05) is 13.8 Å². The topological polar surface area (TPSA) is 192 Å². The van der Waals surface area contributed by atoms with Crippen molar-refractivity contribution >= 4 is 37.0 Å². The van der Waals surface area contributed by atoms with E-state index in [1.807, 2.05) is 13.8 Å². The number of alkyl halides is 1. The van der Waals surface area contributed by atoms with E-state index in [9.17, 15) is 18.9 Å². The minimum atomic E-state index is -4.84. The Balaban J connectivity index is 1.77. The maximum absolute atomic E-state index is 15.5. The number of nitrogens with two attached hydrogens (primary N) is 1. The molecule has 2 aromatic heterocycles. The van der Waals surface area contributed by atoms with Gasteiger partial charge in [-0.25, -0.2) is 23.0 Å². The molecule has 4 rings (SSSR count). The number of nitrogens with zero attached hydrogens (tertiary/aromatic N) is 3. The summed E-state index contributed by atoms with van der Waals surface area (Å²) in [7, 11) is -4.84. The molecule has 0 bridgehead atoms. The van der Waals surface area contributed by atoms with E-state index < -0.39 is 62.5 Å². The second kappa shape index (κ2) is 15.2. The number of halogens is 1. The molecule has 0 aliphatic carbocycles. The average molecular weight is 680 g/mol. The molecule has 0 unspecified atom stereocenters. The Morgan fingerprint density at radius 2 is 1.79 bits per heavy atom. The SMILES string of the molecule is CCC(CC)COC(=O)[C@H](C)N[P@@](=O)(Oc1ccccc1)O[C@@]1(CF)O[C@@H](c2ccc3c(N)ncnn23)[C@H](OC(C)=O)[C@@H]1OC(C)=O. The molecule has 1 aliphatic heterocycles. The third-order valence-electron chi connectivity index (χ3n) is 7.51. The number of anilines is 1. The fourth-order valence-electron chi connectivity index (χ4n) is 5.07. The number of benzene rings is 1. The summed E-state index contributed by atoms with van der Waals surface area (Å²) in [6, 6.07) is 9.53. The Hall–Kier alpha value is -4.11. The molecule has 1 aliphatic rings. The van der Waals surface area contributed by atoms with E-state index in [1.165, 1.54) is 36.0 Å². The fourth-order valence-corrected chi connectivity index (χ4v) is 6.79. The van der Waals surface area contributed by atoms with Crippen LogP contribution in [0.5, 0.6) is 5.75 Å². The minimum absolute atomic E-state index is 0.0230. The lowest BCUT2D eigenvalue weighted by Crippen LogP contribution is -2.51. The highest BCUT2D eigenvalue weighted by Gasteiger charge is 2.64. The van der Waals surface area contributed by atoms with Gasteiger partial charge in [0.2, 0.25) is 5.79 Å². The number of fused-ring (bicyclic) bond motifs is 1. The van der Waals surface area contributed by atoms with E-state index >= 15 is 4.39 Å². The van der Waals surface area contributed by atoms with Gasteiger partial charge in [0.05, 0.1) is 12.3 Å². The van der Waals surface area contributed by atoms with Crippen molar-refractivity contribution in [1.82, 2.24) is 19.7 Å². The predicted molar refractivity (Wildman–Crippen MR) is 164 cm³/mol. The summed E-state index contributed by atoms with van der Waals surface area (Å²) in [4.78, 5) is 41.6. The van der Waals surface area contributed by atoms with Gasteiger partial charge in [0.1, 0.15) is 36.4 Å². The van der Waals surface area contributed by atoms with Crippen LogP contribution in [0.4, 0.5) is 10.2 Å². The number of carbonyl (C=O) groups excluding carboxylic acids is 3. The van der Waals surface area contributed by atoms with Gasteiger partial charge in [-0.3, -0.25) is 14.4 Å². The molecular formula is C30H39FN5O10P. The number of aromatic nitrogens is 3. The number of nitrogens with one attached hydrogen (secondary N) is 1. The van der Waals surface area contributed by atoms with E-state index in [0.717, 1.165) is 26.7 Å². The summed E-state index contributed by atoms with van der Waals surface area (Å²) in [6.45, 7) is 5.96. The van der Waals surface area contributed by atoms with E-state index in [0.29, 0.717) is 5.52 Å². The van der Waals surface area contributed by atoms with Crippen molar-refractivity contribution in [2.45, 2.75) is 77.6 Å². The highest BCUT2D eigenvalue weighted by molar-refractivity contribution is 7.52. The second-order valence-electron chi connectivity index (χ2n) is 10.9. The van der Waals surface area contributed by atoms with Gasteiger partial charge in [0.25, 0.3) is 0 Å². The molecule has 17 heteroatoms. The van der Waals surface area contributed by atoms with E-state index in [4.69, 9.17) is 33.7 Å². The van der Waals surface area contributed by atoms with Crippen molar-refractivity contribution in [1.29, 1.82) is 0 Å². The molecule has 0 spiro atoms. The van der Waals surface area contributed by atoms with Gasteiger partial charge >= 0.3 is 25.7 Å². The molecule has 0 radical (unpaired) electrons. The zero-order valence-electron chi connectivity index (χ0n) is 26.7. The van der Waals surface area contributed by atoms with Crippen LogP contribution in [-0.4, -0.2) is 69.8 Å². The molecule has 0 amide bonds. The van der Waals surface area contributed by atoms with Crippen molar-refractivity contribution < 1.29 is 51.3 Å². The van der Waals surface area contributed by atoms with Gasteiger partial charge in [0.15, 0.2) is 18.0 Å². The van der Waals surface area contributed by atoms with Crippen LogP contribution in [0.15, 0.2) is 48.8 Å². The van der Waals surface area contributed by atoms with Crippen molar-refractivity contribution in [3.05, 3.63) is 54.5 Å². The summed E-state index contributed by atoms with van der Waals surface area (Å²) in [5, 5.41) is 6.67. The number of esters is 3. The number of para-hydroxylation sites is 1. The Bertz CT molecular complexity index is 1610. The first-order valence-electron chi connectivity index (χ1n) is 15.0. The molecule has 3 heterocycles. The number of ether oxygens (including phenoxy) is 4. The summed E-state index contributed by atoms with van der Waals surface area (Å²) in [5.41, 5.74) is 6.51.